The highest BCUT2D eigenvalue weighted by atomic mass is 32.1. The summed E-state index contributed by atoms with van der Waals surface area (Å²) in [7, 11) is 0. The van der Waals surface area contributed by atoms with Crippen LogP contribution in [0.25, 0.3) is 27.0 Å². The van der Waals surface area contributed by atoms with Gasteiger partial charge in [0.15, 0.2) is 5.82 Å². The average Bonchev–Trinajstić information content (AvgIpc) is 3.28. The monoisotopic (exact) mass is 306 g/mol. The summed E-state index contributed by atoms with van der Waals surface area (Å²) < 4.78 is 1.63. The van der Waals surface area contributed by atoms with Crippen LogP contribution in [0.4, 0.5) is 0 Å². The van der Waals surface area contributed by atoms with E-state index >= 15 is 0 Å². The number of hydrogen-bond donors (Lipinski definition) is 0. The van der Waals surface area contributed by atoms with Crippen LogP contribution in [0.1, 0.15) is 0 Å². The predicted molar refractivity (Wildman–Crippen MR) is 83.5 cm³/mol. The molecule has 0 aliphatic carbocycles. The number of thiazole rings is 1. The Kier molecular flexibility index (Phi) is 3.17. The van der Waals surface area contributed by atoms with Crippen LogP contribution in [0.2, 0.25) is 0 Å². The maximum Gasteiger partial charge on any atom is 0.155 e. The summed E-state index contributed by atoms with van der Waals surface area (Å²) in [4.78, 5) is 14.2. The molecule has 0 spiro atoms. The fourth-order valence-electron chi connectivity index (χ4n) is 2.03. The van der Waals surface area contributed by atoms with Crippen LogP contribution in [0.5, 0.6) is 0 Å². The molecule has 0 fully saturated rings. The van der Waals surface area contributed by atoms with Crippen molar-refractivity contribution in [3.8, 4) is 27.0 Å². The number of rotatable bonds is 3. The van der Waals surface area contributed by atoms with E-state index in [1.54, 1.807) is 34.6 Å². The Labute approximate surface area is 130 Å². The Balaban J connectivity index is 1.71. The van der Waals surface area contributed by atoms with Crippen molar-refractivity contribution in [1.29, 1.82) is 0 Å². The van der Waals surface area contributed by atoms with Crippen molar-refractivity contribution in [2.24, 2.45) is 0 Å². The fourth-order valence-corrected chi connectivity index (χ4v) is 2.91. The third kappa shape index (κ3) is 2.38. The highest BCUT2D eigenvalue weighted by Gasteiger charge is 2.09. The highest BCUT2D eigenvalue weighted by Crippen LogP contribution is 2.30. The average molecular weight is 306 g/mol. The minimum absolute atomic E-state index is 0.728. The van der Waals surface area contributed by atoms with Crippen LogP contribution >= 0.6 is 11.3 Å². The largest absolute Gasteiger partial charge is 0.264 e. The van der Waals surface area contributed by atoms with Crippen LogP contribution in [0.15, 0.2) is 61.3 Å². The van der Waals surface area contributed by atoms with E-state index in [0.717, 1.165) is 27.0 Å². The number of pyridine rings is 2. The molecule has 6 nitrogen and oxygen atoms in total. The van der Waals surface area contributed by atoms with Crippen LogP contribution in [0.3, 0.4) is 0 Å². The summed E-state index contributed by atoms with van der Waals surface area (Å²) in [6.07, 6.45) is 8.78. The standard InChI is InChI=1S/C15H10N6S/c1-4-12(19-14(5-1)21-8-7-18-20-21)13-10-17-15(22-13)11-3-2-6-16-9-11/h1-10H. The van der Waals surface area contributed by atoms with Crippen molar-refractivity contribution in [3.05, 3.63) is 61.3 Å². The molecule has 0 saturated heterocycles. The number of aromatic nitrogens is 6. The maximum atomic E-state index is 4.61. The second-order valence-electron chi connectivity index (χ2n) is 4.50. The quantitative estimate of drug-likeness (QED) is 0.582. The summed E-state index contributed by atoms with van der Waals surface area (Å²) in [5, 5.41) is 8.69. The van der Waals surface area contributed by atoms with Gasteiger partial charge >= 0.3 is 0 Å². The summed E-state index contributed by atoms with van der Waals surface area (Å²) in [6, 6.07) is 9.69. The Morgan fingerprint density at radius 1 is 1.00 bits per heavy atom. The third-order valence-electron chi connectivity index (χ3n) is 3.06. The fraction of sp³-hybridized carbons (Fsp3) is 0. The van der Waals surface area contributed by atoms with E-state index in [9.17, 15) is 0 Å². The summed E-state index contributed by atoms with van der Waals surface area (Å²) >= 11 is 1.59. The van der Waals surface area contributed by atoms with Crippen LogP contribution in [-0.4, -0.2) is 29.9 Å². The first-order valence-electron chi connectivity index (χ1n) is 6.60. The summed E-state index contributed by atoms with van der Waals surface area (Å²) in [6.45, 7) is 0. The van der Waals surface area contributed by atoms with Gasteiger partial charge in [0.05, 0.1) is 23.0 Å². The molecule has 0 unspecified atom stereocenters. The van der Waals surface area contributed by atoms with Gasteiger partial charge in [-0.1, -0.05) is 11.3 Å². The van der Waals surface area contributed by atoms with E-state index in [0.29, 0.717) is 0 Å². The molecule has 4 aromatic heterocycles. The lowest BCUT2D eigenvalue weighted by Gasteiger charge is -2.01. The van der Waals surface area contributed by atoms with Crippen molar-refractivity contribution < 1.29 is 0 Å². The highest BCUT2D eigenvalue weighted by molar-refractivity contribution is 7.18. The van der Waals surface area contributed by atoms with Gasteiger partial charge in [0.2, 0.25) is 0 Å². The van der Waals surface area contributed by atoms with Crippen LogP contribution in [-0.2, 0) is 0 Å². The van der Waals surface area contributed by atoms with Crippen LogP contribution < -0.4 is 0 Å². The molecule has 0 aliphatic heterocycles. The maximum absolute atomic E-state index is 4.61. The second kappa shape index (κ2) is 5.45. The molecule has 4 rings (SSSR count). The molecule has 0 radical (unpaired) electrons. The zero-order valence-corrected chi connectivity index (χ0v) is 12.2. The molecule has 0 saturated carbocycles. The molecule has 0 atom stereocenters. The first-order valence-corrected chi connectivity index (χ1v) is 7.42. The third-order valence-corrected chi connectivity index (χ3v) is 4.13. The lowest BCUT2D eigenvalue weighted by Crippen LogP contribution is -1.98. The van der Waals surface area contributed by atoms with Gasteiger partial charge in [0.25, 0.3) is 0 Å². The summed E-state index contributed by atoms with van der Waals surface area (Å²) in [5.41, 5.74) is 1.87. The molecule has 106 valence electrons. The molecule has 22 heavy (non-hydrogen) atoms. The van der Waals surface area contributed by atoms with E-state index in [1.807, 2.05) is 42.7 Å². The van der Waals surface area contributed by atoms with Gasteiger partial charge < -0.3 is 0 Å². The smallest absolute Gasteiger partial charge is 0.155 e. The van der Waals surface area contributed by atoms with Crippen molar-refractivity contribution in [1.82, 2.24) is 29.9 Å². The minimum Gasteiger partial charge on any atom is -0.264 e. The number of hydrogen-bond acceptors (Lipinski definition) is 6. The SMILES string of the molecule is c1cncc(-c2ncc(-c3cccc(-n4ccnn4)n3)s2)c1. The van der Waals surface area contributed by atoms with E-state index in [4.69, 9.17) is 0 Å². The Morgan fingerprint density at radius 3 is 2.82 bits per heavy atom. The predicted octanol–water partition coefficient (Wildman–Crippen LogP) is 2.85. The Hall–Kier alpha value is -2.93. The van der Waals surface area contributed by atoms with Gasteiger partial charge in [-0.25, -0.2) is 14.6 Å². The van der Waals surface area contributed by atoms with E-state index in [2.05, 4.69) is 25.3 Å². The molecular formula is C15H10N6S. The first-order chi connectivity index (χ1) is 10.9. The van der Waals surface area contributed by atoms with E-state index < -0.39 is 0 Å². The van der Waals surface area contributed by atoms with E-state index in [1.165, 1.54) is 0 Å². The molecule has 4 aromatic rings. The first kappa shape index (κ1) is 12.8. The Bertz CT molecular complexity index is 885. The van der Waals surface area contributed by atoms with Gasteiger partial charge in [-0.2, -0.15) is 0 Å². The lowest BCUT2D eigenvalue weighted by atomic mass is 10.3. The van der Waals surface area contributed by atoms with Gasteiger partial charge in [-0.05, 0) is 24.3 Å². The molecule has 7 heteroatoms. The second-order valence-corrected chi connectivity index (χ2v) is 5.53. The van der Waals surface area contributed by atoms with Crippen molar-refractivity contribution in [2.75, 3.05) is 0 Å². The Morgan fingerprint density at radius 2 is 2.00 bits per heavy atom. The molecule has 0 aromatic carbocycles. The normalized spacial score (nSPS) is 10.7. The van der Waals surface area contributed by atoms with Gasteiger partial charge in [-0.3, -0.25) is 4.98 Å². The summed E-state index contributed by atoms with van der Waals surface area (Å²) in [5.74, 6) is 0.728. The molecule has 0 aliphatic rings. The van der Waals surface area contributed by atoms with E-state index in [-0.39, 0.29) is 0 Å². The van der Waals surface area contributed by atoms with Gasteiger partial charge in [0.1, 0.15) is 5.01 Å². The minimum atomic E-state index is 0.728. The lowest BCUT2D eigenvalue weighted by molar-refractivity contribution is 0.782. The molecule has 0 N–H and O–H groups in total. The molecule has 0 bridgehead atoms. The molecular weight excluding hydrogens is 296 g/mol. The zero-order valence-electron chi connectivity index (χ0n) is 11.4. The molecule has 4 heterocycles. The van der Waals surface area contributed by atoms with Crippen LogP contribution in [0, 0.1) is 0 Å². The number of nitrogens with zero attached hydrogens (tertiary/aromatic N) is 6. The van der Waals surface area contributed by atoms with Gasteiger partial charge in [0, 0.05) is 24.2 Å². The zero-order chi connectivity index (χ0) is 14.8. The van der Waals surface area contributed by atoms with Crippen molar-refractivity contribution in [3.63, 3.8) is 0 Å². The van der Waals surface area contributed by atoms with Crippen molar-refractivity contribution >= 4 is 11.3 Å². The topological polar surface area (TPSA) is 69.4 Å². The molecule has 0 amide bonds. The van der Waals surface area contributed by atoms with Gasteiger partial charge in [-0.15, -0.1) is 16.4 Å². The van der Waals surface area contributed by atoms with Crippen molar-refractivity contribution in [2.45, 2.75) is 0 Å².